The van der Waals surface area contributed by atoms with Crippen molar-refractivity contribution < 1.29 is 8.42 Å². The Bertz CT molecular complexity index is 589. The second kappa shape index (κ2) is 4.02. The van der Waals surface area contributed by atoms with E-state index in [0.717, 1.165) is 11.1 Å². The van der Waals surface area contributed by atoms with E-state index >= 15 is 0 Å². The standard InChI is InChI=1S/C11H13N3O2S/c1-8(5-12)17(15,16)14-6-9-2-3-11(13)4-10(9)7-14/h2-4,8H,6-7,13H2,1H3. The molecule has 0 aromatic heterocycles. The highest BCUT2D eigenvalue weighted by atomic mass is 32.2. The average Bonchev–Trinajstić information content (AvgIpc) is 2.71. The van der Waals surface area contributed by atoms with E-state index < -0.39 is 15.3 Å². The first-order chi connectivity index (χ1) is 7.95. The van der Waals surface area contributed by atoms with E-state index in [1.165, 1.54) is 11.2 Å². The summed E-state index contributed by atoms with van der Waals surface area (Å²) in [5, 5.41) is 7.70. The van der Waals surface area contributed by atoms with Gasteiger partial charge in [0, 0.05) is 18.8 Å². The first kappa shape index (κ1) is 11.9. The van der Waals surface area contributed by atoms with E-state index in [1.807, 2.05) is 6.07 Å². The van der Waals surface area contributed by atoms with Gasteiger partial charge in [-0.1, -0.05) is 6.07 Å². The van der Waals surface area contributed by atoms with Crippen molar-refractivity contribution in [2.24, 2.45) is 0 Å². The van der Waals surface area contributed by atoms with Crippen molar-refractivity contribution in [1.29, 1.82) is 5.26 Å². The average molecular weight is 251 g/mol. The second-order valence-corrected chi connectivity index (χ2v) is 6.37. The number of sulfonamides is 1. The molecule has 1 aliphatic heterocycles. The molecule has 6 heteroatoms. The summed E-state index contributed by atoms with van der Waals surface area (Å²) in [6.07, 6.45) is 0. The predicted octanol–water partition coefficient (Wildman–Crippen LogP) is 0.826. The highest BCUT2D eigenvalue weighted by molar-refractivity contribution is 7.89. The van der Waals surface area contributed by atoms with Gasteiger partial charge in [0.15, 0.2) is 5.25 Å². The number of fused-ring (bicyclic) bond motifs is 1. The number of hydrogen-bond acceptors (Lipinski definition) is 4. The van der Waals surface area contributed by atoms with Gasteiger partial charge < -0.3 is 5.73 Å². The molecule has 1 aromatic rings. The molecule has 1 heterocycles. The molecule has 0 amide bonds. The Morgan fingerprint density at radius 2 is 2.06 bits per heavy atom. The molecule has 2 N–H and O–H groups in total. The van der Waals surface area contributed by atoms with Gasteiger partial charge in [-0.3, -0.25) is 0 Å². The number of nitriles is 1. The molecule has 1 atom stereocenters. The van der Waals surface area contributed by atoms with E-state index in [9.17, 15) is 8.42 Å². The molecular weight excluding hydrogens is 238 g/mol. The topological polar surface area (TPSA) is 87.2 Å². The summed E-state index contributed by atoms with van der Waals surface area (Å²) < 4.78 is 25.3. The van der Waals surface area contributed by atoms with Crippen molar-refractivity contribution in [3.8, 4) is 6.07 Å². The van der Waals surface area contributed by atoms with Crippen LogP contribution in [0.4, 0.5) is 5.69 Å². The van der Waals surface area contributed by atoms with Crippen LogP contribution in [0.2, 0.25) is 0 Å². The number of hydrogen-bond donors (Lipinski definition) is 1. The highest BCUT2D eigenvalue weighted by Gasteiger charge is 2.33. The van der Waals surface area contributed by atoms with Crippen molar-refractivity contribution in [2.75, 3.05) is 5.73 Å². The van der Waals surface area contributed by atoms with Gasteiger partial charge in [-0.15, -0.1) is 0 Å². The fourth-order valence-corrected chi connectivity index (χ4v) is 3.07. The summed E-state index contributed by atoms with van der Waals surface area (Å²) >= 11 is 0. The molecular formula is C11H13N3O2S. The van der Waals surface area contributed by atoms with Crippen molar-refractivity contribution in [2.45, 2.75) is 25.3 Å². The van der Waals surface area contributed by atoms with E-state index in [1.54, 1.807) is 18.2 Å². The third kappa shape index (κ3) is 1.99. The SMILES string of the molecule is CC(C#N)S(=O)(=O)N1Cc2ccc(N)cc2C1. The molecule has 1 aromatic carbocycles. The van der Waals surface area contributed by atoms with Crippen molar-refractivity contribution in [3.05, 3.63) is 29.3 Å². The van der Waals surface area contributed by atoms with Gasteiger partial charge in [0.05, 0.1) is 6.07 Å². The quantitative estimate of drug-likeness (QED) is 0.788. The smallest absolute Gasteiger partial charge is 0.230 e. The molecule has 0 bridgehead atoms. The lowest BCUT2D eigenvalue weighted by atomic mass is 10.1. The van der Waals surface area contributed by atoms with Gasteiger partial charge in [-0.05, 0) is 30.2 Å². The highest BCUT2D eigenvalue weighted by Crippen LogP contribution is 2.28. The molecule has 1 aliphatic rings. The Hall–Kier alpha value is -1.58. The molecule has 0 radical (unpaired) electrons. The first-order valence-electron chi connectivity index (χ1n) is 5.21. The lowest BCUT2D eigenvalue weighted by Gasteiger charge is -2.16. The van der Waals surface area contributed by atoms with Crippen molar-refractivity contribution in [1.82, 2.24) is 4.31 Å². The van der Waals surface area contributed by atoms with Crippen LogP contribution < -0.4 is 5.73 Å². The summed E-state index contributed by atoms with van der Waals surface area (Å²) in [4.78, 5) is 0. The Labute approximate surface area is 101 Å². The molecule has 17 heavy (non-hydrogen) atoms. The lowest BCUT2D eigenvalue weighted by Crippen LogP contribution is -2.32. The van der Waals surface area contributed by atoms with Crippen LogP contribution >= 0.6 is 0 Å². The fourth-order valence-electron chi connectivity index (χ4n) is 1.85. The number of nitrogen functional groups attached to an aromatic ring is 1. The van der Waals surface area contributed by atoms with Gasteiger partial charge >= 0.3 is 0 Å². The van der Waals surface area contributed by atoms with E-state index in [0.29, 0.717) is 18.8 Å². The molecule has 0 aliphatic carbocycles. The Balaban J connectivity index is 2.30. The zero-order valence-electron chi connectivity index (χ0n) is 9.42. The molecule has 0 saturated carbocycles. The molecule has 2 rings (SSSR count). The van der Waals surface area contributed by atoms with Crippen LogP contribution in [0.3, 0.4) is 0 Å². The molecule has 0 fully saturated rings. The van der Waals surface area contributed by atoms with E-state index in [2.05, 4.69) is 0 Å². The van der Waals surface area contributed by atoms with Crippen LogP contribution in [-0.2, 0) is 23.1 Å². The Morgan fingerprint density at radius 1 is 1.41 bits per heavy atom. The zero-order chi connectivity index (χ0) is 12.6. The third-order valence-electron chi connectivity index (χ3n) is 2.91. The summed E-state index contributed by atoms with van der Waals surface area (Å²) in [6.45, 7) is 2.02. The lowest BCUT2D eigenvalue weighted by molar-refractivity contribution is 0.428. The number of anilines is 1. The normalized spacial score (nSPS) is 17.4. The maximum Gasteiger partial charge on any atom is 0.230 e. The van der Waals surface area contributed by atoms with Crippen LogP contribution in [0.15, 0.2) is 18.2 Å². The number of nitrogens with two attached hydrogens (primary N) is 1. The minimum atomic E-state index is -3.54. The van der Waals surface area contributed by atoms with Gasteiger partial charge in [0.2, 0.25) is 10.0 Å². The van der Waals surface area contributed by atoms with Crippen molar-refractivity contribution >= 4 is 15.7 Å². The van der Waals surface area contributed by atoms with Crippen LogP contribution in [0, 0.1) is 11.3 Å². The van der Waals surface area contributed by atoms with E-state index in [4.69, 9.17) is 11.0 Å². The van der Waals surface area contributed by atoms with E-state index in [-0.39, 0.29) is 0 Å². The van der Waals surface area contributed by atoms with Crippen LogP contribution in [0.25, 0.3) is 0 Å². The molecule has 0 spiro atoms. The zero-order valence-corrected chi connectivity index (χ0v) is 10.2. The molecule has 90 valence electrons. The Kier molecular flexibility index (Phi) is 2.81. The molecule has 5 nitrogen and oxygen atoms in total. The summed E-state index contributed by atoms with van der Waals surface area (Å²) in [5.74, 6) is 0. The summed E-state index contributed by atoms with van der Waals surface area (Å²) in [7, 11) is -3.54. The Morgan fingerprint density at radius 3 is 2.71 bits per heavy atom. The number of benzene rings is 1. The summed E-state index contributed by atoms with van der Waals surface area (Å²) in [6, 6.07) is 7.13. The van der Waals surface area contributed by atoms with Crippen LogP contribution in [-0.4, -0.2) is 18.0 Å². The monoisotopic (exact) mass is 251 g/mol. The van der Waals surface area contributed by atoms with Gasteiger partial charge in [0.1, 0.15) is 0 Å². The van der Waals surface area contributed by atoms with Gasteiger partial charge in [-0.25, -0.2) is 8.42 Å². The minimum Gasteiger partial charge on any atom is -0.399 e. The maximum atomic E-state index is 12.0. The molecule has 0 saturated heterocycles. The minimum absolute atomic E-state index is 0.300. The van der Waals surface area contributed by atoms with Gasteiger partial charge in [-0.2, -0.15) is 9.57 Å². The number of rotatable bonds is 2. The van der Waals surface area contributed by atoms with Gasteiger partial charge in [0.25, 0.3) is 0 Å². The van der Waals surface area contributed by atoms with Crippen molar-refractivity contribution in [3.63, 3.8) is 0 Å². The first-order valence-corrected chi connectivity index (χ1v) is 6.71. The molecule has 1 unspecified atom stereocenters. The summed E-state index contributed by atoms with van der Waals surface area (Å²) in [5.41, 5.74) is 8.14. The predicted molar refractivity (Wildman–Crippen MR) is 64.1 cm³/mol. The largest absolute Gasteiger partial charge is 0.399 e. The van der Waals surface area contributed by atoms with Crippen LogP contribution in [0.5, 0.6) is 0 Å². The third-order valence-corrected chi connectivity index (χ3v) is 4.89. The maximum absolute atomic E-state index is 12.0. The second-order valence-electron chi connectivity index (χ2n) is 4.11. The fraction of sp³-hybridized carbons (Fsp3) is 0.364. The van der Waals surface area contributed by atoms with Crippen LogP contribution in [0.1, 0.15) is 18.1 Å². The number of nitrogens with zero attached hydrogens (tertiary/aromatic N) is 2.